The van der Waals surface area contributed by atoms with E-state index in [1.54, 1.807) is 24.3 Å². The van der Waals surface area contributed by atoms with Crippen LogP contribution in [-0.4, -0.2) is 0 Å². The minimum Gasteiger partial charge on any atom is -0.457 e. The van der Waals surface area contributed by atoms with Crippen LogP contribution in [0.3, 0.4) is 0 Å². The standard InChI is InChI=1S/C107H70F5NO2/c1-4-67-28-41-84(42-29-67)114-86-45-35-72(36-46-86)105(74-58-77(109)62-78(110)59-74)97-24-10-6-20-89(97)93-50-33-69(55-101(93)105)32-49-88(70-17-15-18-76(108)56-70)71-34-51-94-91-22-8-12-26-99(91)107(102(94)57-71)100-27-13-9-23-92(100)96-53-40-83(65-104(96)107)113(81-19-14-16-66(3)54-81)82-39-52-95-90-21-7-11-25-98(90)106(103(95)64-82,75-60-79(111)63-80(112)61-75)73-37-47-87(48-38-73)115-85-43-30-68(5-2)31-44-85/h4-31,33-65H,1-2,32H2,3H3/b88-49+. The quantitative estimate of drug-likeness (QED) is 0.0848. The van der Waals surface area contributed by atoms with E-state index in [0.717, 1.165) is 163 Å². The molecule has 0 radical (unpaired) electrons. The number of hydrogen-bond acceptors (Lipinski definition) is 3. The van der Waals surface area contributed by atoms with Gasteiger partial charge in [0.25, 0.3) is 0 Å². The molecule has 16 aromatic carbocycles. The highest BCUT2D eigenvalue weighted by molar-refractivity contribution is 5.99. The van der Waals surface area contributed by atoms with E-state index in [-0.39, 0.29) is 5.82 Å². The summed E-state index contributed by atoms with van der Waals surface area (Å²) in [7, 11) is 0. The Morgan fingerprint density at radius 2 is 0.670 bits per heavy atom. The molecule has 3 atom stereocenters. The highest BCUT2D eigenvalue weighted by Crippen LogP contribution is 2.65. The van der Waals surface area contributed by atoms with Crippen molar-refractivity contribution in [2.45, 2.75) is 29.6 Å². The monoisotopic (exact) mass is 1500 g/mol. The first-order valence-electron chi connectivity index (χ1n) is 38.5. The highest BCUT2D eigenvalue weighted by Gasteiger charge is 2.53. The van der Waals surface area contributed by atoms with Crippen LogP contribution in [-0.2, 0) is 22.7 Å². The number of aryl methyl sites for hydroxylation is 1. The summed E-state index contributed by atoms with van der Waals surface area (Å²) < 4.78 is 93.7. The SMILES string of the molecule is C=Cc1ccc(Oc2ccc(C3(c4cc(F)cc(F)c4)c4ccccc4-c4ccc(C/C=C(\c5cccc(F)c5)c5ccc6c(c5)C5(c7ccccc7-6)c6ccccc6-c6ccc(N(c7cccc(C)c7)c7ccc8c(c7)C(c7ccc(Oc9ccc(C=C)cc9)cc7)(c7cc(F)cc(F)c7)c7ccccc7-8)cc65)cc43)cc2)cc1. The van der Waals surface area contributed by atoms with E-state index >= 15 is 22.0 Å². The molecule has 0 bridgehead atoms. The Hall–Kier alpha value is -14.2. The molecule has 550 valence electrons. The Balaban J connectivity index is 0.738. The number of allylic oxidation sites excluding steroid dienone is 1. The predicted molar refractivity (Wildman–Crippen MR) is 453 cm³/mol. The lowest BCUT2D eigenvalue weighted by Crippen LogP contribution is -2.29. The zero-order chi connectivity index (χ0) is 77.8. The number of ether oxygens (including phenoxy) is 2. The molecule has 115 heavy (non-hydrogen) atoms. The molecule has 20 rings (SSSR count). The molecule has 3 nitrogen and oxygen atoms in total. The van der Waals surface area contributed by atoms with Gasteiger partial charge in [-0.15, -0.1) is 0 Å². The number of hydrogen-bond donors (Lipinski definition) is 0. The summed E-state index contributed by atoms with van der Waals surface area (Å²) in [5.74, 6) is -0.664. The van der Waals surface area contributed by atoms with Crippen molar-refractivity contribution >= 4 is 34.8 Å². The molecule has 0 heterocycles. The minimum absolute atomic E-state index is 0.380. The summed E-state index contributed by atoms with van der Waals surface area (Å²) in [6.07, 6.45) is 6.13. The van der Waals surface area contributed by atoms with Crippen LogP contribution in [0.5, 0.6) is 23.0 Å². The third-order valence-corrected chi connectivity index (χ3v) is 23.8. The maximum absolute atomic E-state index is 16.3. The van der Waals surface area contributed by atoms with Crippen molar-refractivity contribution in [3.63, 3.8) is 0 Å². The van der Waals surface area contributed by atoms with Gasteiger partial charge in [0.15, 0.2) is 0 Å². The van der Waals surface area contributed by atoms with Crippen molar-refractivity contribution in [1.29, 1.82) is 0 Å². The second-order valence-electron chi connectivity index (χ2n) is 30.2. The molecular formula is C107H70F5NO2. The number of halogens is 5. The second kappa shape index (κ2) is 27.6. The molecule has 0 aromatic heterocycles. The van der Waals surface area contributed by atoms with Crippen LogP contribution in [0, 0.1) is 36.0 Å². The molecule has 1 spiro atoms. The van der Waals surface area contributed by atoms with Gasteiger partial charge >= 0.3 is 0 Å². The van der Waals surface area contributed by atoms with E-state index in [2.05, 4.69) is 201 Å². The first kappa shape index (κ1) is 69.9. The molecule has 0 aliphatic heterocycles. The maximum Gasteiger partial charge on any atom is 0.127 e. The third-order valence-electron chi connectivity index (χ3n) is 23.8. The first-order valence-corrected chi connectivity index (χ1v) is 38.5. The van der Waals surface area contributed by atoms with Crippen LogP contribution in [0.25, 0.3) is 62.2 Å². The number of rotatable bonds is 17. The van der Waals surface area contributed by atoms with Crippen LogP contribution >= 0.6 is 0 Å². The van der Waals surface area contributed by atoms with Crippen LogP contribution in [0.2, 0.25) is 0 Å². The first-order chi connectivity index (χ1) is 56.3. The van der Waals surface area contributed by atoms with E-state index in [1.807, 2.05) is 127 Å². The smallest absolute Gasteiger partial charge is 0.127 e. The summed E-state index contributed by atoms with van der Waals surface area (Å²) in [5, 5.41) is 0. The van der Waals surface area contributed by atoms with Crippen LogP contribution < -0.4 is 14.4 Å². The molecule has 4 aliphatic rings. The van der Waals surface area contributed by atoms with E-state index in [4.69, 9.17) is 9.47 Å². The zero-order valence-corrected chi connectivity index (χ0v) is 62.5. The topological polar surface area (TPSA) is 21.7 Å². The summed E-state index contributed by atoms with van der Waals surface area (Å²) in [4.78, 5) is 2.30. The predicted octanol–water partition coefficient (Wildman–Crippen LogP) is 27.8. The van der Waals surface area contributed by atoms with Gasteiger partial charge in [-0.05, 0) is 291 Å². The van der Waals surface area contributed by atoms with Gasteiger partial charge in [0.1, 0.15) is 52.1 Å². The molecule has 0 fully saturated rings. The molecule has 3 unspecified atom stereocenters. The van der Waals surface area contributed by atoms with Crippen molar-refractivity contribution in [1.82, 2.24) is 0 Å². The van der Waals surface area contributed by atoms with Crippen LogP contribution in [0.1, 0.15) is 100 Å². The molecule has 0 saturated heterocycles. The largest absolute Gasteiger partial charge is 0.457 e. The van der Waals surface area contributed by atoms with Gasteiger partial charge in [0, 0.05) is 29.2 Å². The fourth-order valence-corrected chi connectivity index (χ4v) is 19.1. The van der Waals surface area contributed by atoms with E-state index in [1.165, 1.54) is 30.3 Å². The molecule has 0 amide bonds. The highest BCUT2D eigenvalue weighted by atomic mass is 19.1. The van der Waals surface area contributed by atoms with E-state index in [9.17, 15) is 0 Å². The zero-order valence-electron chi connectivity index (χ0n) is 62.5. The van der Waals surface area contributed by atoms with Gasteiger partial charge in [-0.25, -0.2) is 22.0 Å². The summed E-state index contributed by atoms with van der Waals surface area (Å²) in [5.41, 5.74) is 23.9. The van der Waals surface area contributed by atoms with Crippen molar-refractivity contribution in [2.24, 2.45) is 0 Å². The Morgan fingerprint density at radius 3 is 1.12 bits per heavy atom. The van der Waals surface area contributed by atoms with Gasteiger partial charge in [-0.3, -0.25) is 0 Å². The van der Waals surface area contributed by atoms with Crippen molar-refractivity contribution in [2.75, 3.05) is 4.90 Å². The maximum atomic E-state index is 16.3. The number of anilines is 3. The van der Waals surface area contributed by atoms with Crippen molar-refractivity contribution in [3.8, 4) is 67.5 Å². The van der Waals surface area contributed by atoms with Gasteiger partial charge in [0.05, 0.1) is 16.2 Å². The lowest BCUT2D eigenvalue weighted by molar-refractivity contribution is 0.482. The molecule has 0 N–H and O–H groups in total. The lowest BCUT2D eigenvalue weighted by atomic mass is 9.67. The minimum atomic E-state index is -1.24. The van der Waals surface area contributed by atoms with Gasteiger partial charge in [-0.1, -0.05) is 244 Å². The Bertz CT molecular complexity index is 6650. The Kier molecular flexibility index (Phi) is 16.8. The molecule has 8 heteroatoms. The molecule has 0 saturated carbocycles. The van der Waals surface area contributed by atoms with Gasteiger partial charge in [0.2, 0.25) is 0 Å². The summed E-state index contributed by atoms with van der Waals surface area (Å²) in [6, 6.07) is 114. The number of nitrogens with zero attached hydrogens (tertiary/aromatic N) is 1. The molecule has 4 aliphatic carbocycles. The number of fused-ring (bicyclic) bond motifs is 16. The lowest BCUT2D eigenvalue weighted by Gasteiger charge is -2.35. The van der Waals surface area contributed by atoms with Crippen molar-refractivity contribution < 1.29 is 31.4 Å². The number of benzene rings is 16. The molecule has 16 aromatic rings. The van der Waals surface area contributed by atoms with Gasteiger partial charge in [-0.2, -0.15) is 0 Å². The fourth-order valence-electron chi connectivity index (χ4n) is 19.1. The third kappa shape index (κ3) is 11.3. The summed E-state index contributed by atoms with van der Waals surface area (Å²) in [6.45, 7) is 9.89. The van der Waals surface area contributed by atoms with Crippen LogP contribution in [0.15, 0.2) is 371 Å². The van der Waals surface area contributed by atoms with Crippen LogP contribution in [0.4, 0.5) is 39.0 Å². The van der Waals surface area contributed by atoms with E-state index < -0.39 is 39.5 Å². The average molecular weight is 1500 g/mol. The molecular weight excluding hydrogens is 1430 g/mol. The van der Waals surface area contributed by atoms with Crippen molar-refractivity contribution in [3.05, 3.63) is 500 Å². The average Bonchev–Trinajstić information content (AvgIpc) is 1.51. The second-order valence-corrected chi connectivity index (χ2v) is 30.2. The van der Waals surface area contributed by atoms with E-state index in [0.29, 0.717) is 46.1 Å². The van der Waals surface area contributed by atoms with Gasteiger partial charge < -0.3 is 14.4 Å². The Morgan fingerprint density at radius 1 is 0.296 bits per heavy atom. The Labute approximate surface area is 664 Å². The normalized spacial score (nSPS) is 16.2. The fraction of sp³-hybridized carbons (Fsp3) is 0.0467. The summed E-state index contributed by atoms with van der Waals surface area (Å²) >= 11 is 0.